The maximum Gasteiger partial charge on any atom is 0.0264 e. The van der Waals surface area contributed by atoms with Gasteiger partial charge in [-0.1, -0.05) is 6.08 Å². The molecule has 0 radical (unpaired) electrons. The van der Waals surface area contributed by atoms with E-state index in [0.29, 0.717) is 0 Å². The predicted octanol–water partition coefficient (Wildman–Crippen LogP) is 2.61. The SMILES string of the molecule is C1=N/C=C\C=C2\SCCC2C1. The number of aliphatic imine (C=N–C) groups is 1. The molecular formula is C9H11NS. The second-order valence-electron chi connectivity index (χ2n) is 2.81. The second kappa shape index (κ2) is 3.26. The topological polar surface area (TPSA) is 12.4 Å². The van der Waals surface area contributed by atoms with Crippen molar-refractivity contribution >= 4 is 18.0 Å². The van der Waals surface area contributed by atoms with E-state index < -0.39 is 0 Å². The van der Waals surface area contributed by atoms with Crippen LogP contribution in [0, 0.1) is 5.92 Å². The van der Waals surface area contributed by atoms with Gasteiger partial charge in [-0.2, -0.15) is 0 Å². The Morgan fingerprint density at radius 3 is 3.55 bits per heavy atom. The summed E-state index contributed by atoms with van der Waals surface area (Å²) in [5.74, 6) is 2.06. The minimum Gasteiger partial charge on any atom is -0.269 e. The first-order chi connectivity index (χ1) is 5.47. The van der Waals surface area contributed by atoms with Crippen LogP contribution in [0.1, 0.15) is 12.8 Å². The van der Waals surface area contributed by atoms with Crippen molar-refractivity contribution in [1.82, 2.24) is 0 Å². The third kappa shape index (κ3) is 1.56. The molecule has 0 aromatic rings. The van der Waals surface area contributed by atoms with Crippen LogP contribution in [0.4, 0.5) is 0 Å². The fourth-order valence-electron chi connectivity index (χ4n) is 1.43. The molecule has 0 aromatic carbocycles. The van der Waals surface area contributed by atoms with Crippen molar-refractivity contribution in [2.45, 2.75) is 12.8 Å². The van der Waals surface area contributed by atoms with E-state index in [1.807, 2.05) is 30.3 Å². The van der Waals surface area contributed by atoms with E-state index in [1.165, 1.54) is 12.2 Å². The van der Waals surface area contributed by atoms with Gasteiger partial charge in [-0.25, -0.2) is 0 Å². The average Bonchev–Trinajstić information content (AvgIpc) is 2.35. The van der Waals surface area contributed by atoms with Gasteiger partial charge in [-0.05, 0) is 35.5 Å². The molecule has 1 nitrogen and oxygen atoms in total. The van der Waals surface area contributed by atoms with Crippen molar-refractivity contribution in [3.8, 4) is 0 Å². The molecule has 11 heavy (non-hydrogen) atoms. The molecule has 58 valence electrons. The first-order valence-corrected chi connectivity index (χ1v) is 4.96. The lowest BCUT2D eigenvalue weighted by Crippen LogP contribution is -1.97. The maximum atomic E-state index is 4.13. The van der Waals surface area contributed by atoms with Gasteiger partial charge in [0.05, 0.1) is 0 Å². The zero-order chi connectivity index (χ0) is 7.52. The lowest BCUT2D eigenvalue weighted by atomic mass is 10.0. The summed E-state index contributed by atoms with van der Waals surface area (Å²) in [5.41, 5.74) is 0. The first kappa shape index (κ1) is 7.17. The third-order valence-electron chi connectivity index (χ3n) is 2.07. The predicted molar refractivity (Wildman–Crippen MR) is 50.9 cm³/mol. The summed E-state index contributed by atoms with van der Waals surface area (Å²) in [6.07, 6.45) is 10.6. The summed E-state index contributed by atoms with van der Waals surface area (Å²) in [7, 11) is 0. The molecule has 1 unspecified atom stereocenters. The van der Waals surface area contributed by atoms with E-state index in [0.717, 1.165) is 12.3 Å². The lowest BCUT2D eigenvalue weighted by molar-refractivity contribution is 0.676. The standard InChI is InChI=1S/C9H11NS/c1-2-9-8(4-7-11-9)3-6-10-5-1/h1-2,5-6,8H,3-4,7H2/b5-1-,9-2+,10-6?. The Labute approximate surface area is 71.3 Å². The van der Waals surface area contributed by atoms with Crippen molar-refractivity contribution < 1.29 is 0 Å². The fraction of sp³-hybridized carbons (Fsp3) is 0.444. The largest absolute Gasteiger partial charge is 0.269 e. The van der Waals surface area contributed by atoms with E-state index in [1.54, 1.807) is 4.91 Å². The van der Waals surface area contributed by atoms with Gasteiger partial charge >= 0.3 is 0 Å². The van der Waals surface area contributed by atoms with Crippen LogP contribution in [0.3, 0.4) is 0 Å². The summed E-state index contributed by atoms with van der Waals surface area (Å²) in [5, 5.41) is 0. The van der Waals surface area contributed by atoms with E-state index in [4.69, 9.17) is 0 Å². The molecule has 0 aliphatic carbocycles. The number of rotatable bonds is 0. The highest BCUT2D eigenvalue weighted by molar-refractivity contribution is 8.03. The summed E-state index contributed by atoms with van der Waals surface area (Å²) in [6, 6.07) is 0. The number of hydrogen-bond donors (Lipinski definition) is 0. The van der Waals surface area contributed by atoms with Crippen molar-refractivity contribution in [3.63, 3.8) is 0 Å². The van der Waals surface area contributed by atoms with E-state index >= 15 is 0 Å². The van der Waals surface area contributed by atoms with Gasteiger partial charge in [0.1, 0.15) is 0 Å². The van der Waals surface area contributed by atoms with Crippen LogP contribution in [0.2, 0.25) is 0 Å². The van der Waals surface area contributed by atoms with Gasteiger partial charge in [-0.3, -0.25) is 4.99 Å². The van der Waals surface area contributed by atoms with Crippen LogP contribution in [0.25, 0.3) is 0 Å². The normalized spacial score (nSPS) is 36.7. The molecule has 1 atom stereocenters. The highest BCUT2D eigenvalue weighted by Crippen LogP contribution is 2.37. The van der Waals surface area contributed by atoms with E-state index in [2.05, 4.69) is 11.1 Å². The smallest absolute Gasteiger partial charge is 0.0264 e. The Kier molecular flexibility index (Phi) is 2.13. The highest BCUT2D eigenvalue weighted by atomic mass is 32.2. The van der Waals surface area contributed by atoms with E-state index in [-0.39, 0.29) is 0 Å². The van der Waals surface area contributed by atoms with Crippen molar-refractivity contribution in [3.05, 3.63) is 23.3 Å². The third-order valence-corrected chi connectivity index (χ3v) is 3.31. The van der Waals surface area contributed by atoms with Gasteiger partial charge in [0.25, 0.3) is 0 Å². The molecule has 2 heteroatoms. The monoisotopic (exact) mass is 165 g/mol. The Balaban J connectivity index is 2.21. The van der Waals surface area contributed by atoms with Gasteiger partial charge < -0.3 is 0 Å². The summed E-state index contributed by atoms with van der Waals surface area (Å²) in [4.78, 5) is 5.68. The molecule has 0 amide bonds. The number of fused-ring (bicyclic) bond motifs is 1. The van der Waals surface area contributed by atoms with Gasteiger partial charge in [0.15, 0.2) is 0 Å². The molecule has 1 saturated heterocycles. The molecule has 0 spiro atoms. The summed E-state index contributed by atoms with van der Waals surface area (Å²) in [6.45, 7) is 0. The zero-order valence-corrected chi connectivity index (χ0v) is 7.18. The summed E-state index contributed by atoms with van der Waals surface area (Å²) < 4.78 is 0. The fourth-order valence-corrected chi connectivity index (χ4v) is 2.70. The molecule has 0 saturated carbocycles. The molecular weight excluding hydrogens is 154 g/mol. The second-order valence-corrected chi connectivity index (χ2v) is 3.98. The van der Waals surface area contributed by atoms with Crippen molar-refractivity contribution in [2.75, 3.05) is 5.75 Å². The quantitative estimate of drug-likeness (QED) is 0.537. The Hall–Kier alpha value is -0.500. The van der Waals surface area contributed by atoms with Gasteiger partial charge in [0, 0.05) is 12.4 Å². The highest BCUT2D eigenvalue weighted by Gasteiger charge is 2.20. The molecule has 2 heterocycles. The molecule has 0 bridgehead atoms. The number of hydrogen-bond acceptors (Lipinski definition) is 2. The molecule has 0 aromatic heterocycles. The maximum absolute atomic E-state index is 4.13. The minimum atomic E-state index is 0.772. The Morgan fingerprint density at radius 1 is 1.55 bits per heavy atom. The summed E-state index contributed by atoms with van der Waals surface area (Å²) >= 11 is 2.00. The van der Waals surface area contributed by atoms with Crippen LogP contribution >= 0.6 is 11.8 Å². The average molecular weight is 165 g/mol. The lowest BCUT2D eigenvalue weighted by Gasteiger charge is -2.07. The molecule has 2 rings (SSSR count). The van der Waals surface area contributed by atoms with Crippen LogP contribution in [-0.4, -0.2) is 12.0 Å². The number of allylic oxidation sites excluding steroid dienone is 3. The number of thioether (sulfide) groups is 1. The Morgan fingerprint density at radius 2 is 2.55 bits per heavy atom. The van der Waals surface area contributed by atoms with Crippen molar-refractivity contribution in [1.29, 1.82) is 0 Å². The Bertz CT molecular complexity index is 228. The van der Waals surface area contributed by atoms with Crippen LogP contribution in [0.15, 0.2) is 28.2 Å². The van der Waals surface area contributed by atoms with Gasteiger partial charge in [-0.15, -0.1) is 11.8 Å². The molecule has 2 aliphatic rings. The number of nitrogens with zero attached hydrogens (tertiary/aromatic N) is 1. The minimum absolute atomic E-state index is 0.772. The molecule has 2 aliphatic heterocycles. The van der Waals surface area contributed by atoms with Crippen LogP contribution < -0.4 is 0 Å². The zero-order valence-electron chi connectivity index (χ0n) is 6.36. The van der Waals surface area contributed by atoms with Crippen LogP contribution in [-0.2, 0) is 0 Å². The first-order valence-electron chi connectivity index (χ1n) is 3.98. The van der Waals surface area contributed by atoms with E-state index in [9.17, 15) is 0 Å². The van der Waals surface area contributed by atoms with Gasteiger partial charge in [0.2, 0.25) is 0 Å². The van der Waals surface area contributed by atoms with Crippen molar-refractivity contribution in [2.24, 2.45) is 10.9 Å². The van der Waals surface area contributed by atoms with Crippen LogP contribution in [0.5, 0.6) is 0 Å². The molecule has 0 N–H and O–H groups in total. The molecule has 1 fully saturated rings.